The second kappa shape index (κ2) is 6.59. The molecule has 1 aromatic carbocycles. The Morgan fingerprint density at radius 3 is 2.74 bits per heavy atom. The van der Waals surface area contributed by atoms with E-state index < -0.39 is 0 Å². The van der Waals surface area contributed by atoms with Crippen molar-refractivity contribution in [3.05, 3.63) is 59.0 Å². The number of aryl methyl sites for hydroxylation is 1. The minimum absolute atomic E-state index is 0.0329. The standard InChI is InChI=1S/C19H24N2O2/c1-13-5-7-15(8-6-13)18-14(2)4-3-9-21(18)19(22)16-10-17(11-20)23-12-16/h5-8,10,12,14,18H,3-4,9,11,20H2,1-2H3. The van der Waals surface area contributed by atoms with Gasteiger partial charge in [0, 0.05) is 6.54 Å². The summed E-state index contributed by atoms with van der Waals surface area (Å²) < 4.78 is 5.34. The van der Waals surface area contributed by atoms with Crippen molar-refractivity contribution < 1.29 is 9.21 Å². The smallest absolute Gasteiger partial charge is 0.257 e. The average Bonchev–Trinajstić information content (AvgIpc) is 3.04. The molecule has 122 valence electrons. The van der Waals surface area contributed by atoms with Crippen molar-refractivity contribution in [3.8, 4) is 0 Å². The lowest BCUT2D eigenvalue weighted by Gasteiger charge is -2.40. The highest BCUT2D eigenvalue weighted by Crippen LogP contribution is 2.36. The van der Waals surface area contributed by atoms with E-state index in [1.165, 1.54) is 17.4 Å². The van der Waals surface area contributed by atoms with Crippen LogP contribution in [0.4, 0.5) is 0 Å². The van der Waals surface area contributed by atoms with Gasteiger partial charge in [-0.3, -0.25) is 4.79 Å². The van der Waals surface area contributed by atoms with E-state index in [0.29, 0.717) is 23.8 Å². The summed E-state index contributed by atoms with van der Waals surface area (Å²) in [6, 6.07) is 10.4. The average molecular weight is 312 g/mol. The monoisotopic (exact) mass is 312 g/mol. The summed E-state index contributed by atoms with van der Waals surface area (Å²) in [5.74, 6) is 1.12. The van der Waals surface area contributed by atoms with Crippen LogP contribution in [0.2, 0.25) is 0 Å². The third-order valence-corrected chi connectivity index (χ3v) is 4.71. The van der Waals surface area contributed by atoms with Gasteiger partial charge in [-0.05, 0) is 37.3 Å². The SMILES string of the molecule is Cc1ccc(C2C(C)CCCN2C(=O)c2coc(CN)c2)cc1. The van der Waals surface area contributed by atoms with Crippen LogP contribution in [0.15, 0.2) is 41.0 Å². The highest BCUT2D eigenvalue weighted by atomic mass is 16.3. The van der Waals surface area contributed by atoms with Gasteiger partial charge in [-0.25, -0.2) is 0 Å². The van der Waals surface area contributed by atoms with Crippen LogP contribution in [-0.2, 0) is 6.54 Å². The third kappa shape index (κ3) is 3.17. The molecule has 0 aliphatic carbocycles. The molecule has 1 fully saturated rings. The minimum atomic E-state index is 0.0329. The third-order valence-electron chi connectivity index (χ3n) is 4.71. The van der Waals surface area contributed by atoms with Crippen LogP contribution in [0, 0.1) is 12.8 Å². The maximum Gasteiger partial charge on any atom is 0.257 e. The Kier molecular flexibility index (Phi) is 4.53. The molecule has 0 saturated carbocycles. The van der Waals surface area contributed by atoms with Crippen molar-refractivity contribution >= 4 is 5.91 Å². The first-order valence-electron chi connectivity index (χ1n) is 8.25. The molecule has 1 aliphatic rings. The maximum atomic E-state index is 13.0. The zero-order chi connectivity index (χ0) is 16.4. The van der Waals surface area contributed by atoms with Crippen molar-refractivity contribution in [3.63, 3.8) is 0 Å². The summed E-state index contributed by atoms with van der Waals surface area (Å²) in [6.45, 7) is 5.40. The van der Waals surface area contributed by atoms with Gasteiger partial charge in [0.1, 0.15) is 12.0 Å². The van der Waals surface area contributed by atoms with E-state index in [0.717, 1.165) is 19.4 Å². The maximum absolute atomic E-state index is 13.0. The van der Waals surface area contributed by atoms with E-state index in [1.54, 1.807) is 6.07 Å². The summed E-state index contributed by atoms with van der Waals surface area (Å²) in [4.78, 5) is 14.9. The predicted octanol–water partition coefficient (Wildman–Crippen LogP) is 3.66. The summed E-state index contributed by atoms with van der Waals surface area (Å²) in [5, 5.41) is 0. The topological polar surface area (TPSA) is 59.5 Å². The fraction of sp³-hybridized carbons (Fsp3) is 0.421. The molecule has 1 amide bonds. The number of carbonyl (C=O) groups is 1. The van der Waals surface area contributed by atoms with Crippen molar-refractivity contribution in [1.29, 1.82) is 0 Å². The number of nitrogens with two attached hydrogens (primary N) is 1. The Morgan fingerprint density at radius 1 is 1.35 bits per heavy atom. The fourth-order valence-electron chi connectivity index (χ4n) is 3.45. The highest BCUT2D eigenvalue weighted by Gasteiger charge is 2.33. The number of benzene rings is 1. The molecular formula is C19H24N2O2. The lowest BCUT2D eigenvalue weighted by Crippen LogP contribution is -2.42. The molecular weight excluding hydrogens is 288 g/mol. The second-order valence-corrected chi connectivity index (χ2v) is 6.48. The molecule has 1 saturated heterocycles. The number of amides is 1. The van der Waals surface area contributed by atoms with Gasteiger partial charge < -0.3 is 15.1 Å². The summed E-state index contributed by atoms with van der Waals surface area (Å²) in [7, 11) is 0. The van der Waals surface area contributed by atoms with Gasteiger partial charge >= 0.3 is 0 Å². The van der Waals surface area contributed by atoms with Crippen molar-refractivity contribution in [2.45, 2.75) is 39.3 Å². The Bertz CT molecular complexity index is 675. The number of piperidine rings is 1. The van der Waals surface area contributed by atoms with Crippen molar-refractivity contribution in [2.24, 2.45) is 11.7 Å². The summed E-state index contributed by atoms with van der Waals surface area (Å²) >= 11 is 0. The Morgan fingerprint density at radius 2 is 2.09 bits per heavy atom. The second-order valence-electron chi connectivity index (χ2n) is 6.48. The molecule has 3 rings (SSSR count). The molecule has 1 aliphatic heterocycles. The van der Waals surface area contributed by atoms with Crippen LogP contribution in [0.25, 0.3) is 0 Å². The lowest BCUT2D eigenvalue weighted by atomic mass is 9.85. The van der Waals surface area contributed by atoms with Gasteiger partial charge in [0.15, 0.2) is 0 Å². The summed E-state index contributed by atoms with van der Waals surface area (Å²) in [5.41, 5.74) is 8.61. The zero-order valence-corrected chi connectivity index (χ0v) is 13.8. The molecule has 4 heteroatoms. The largest absolute Gasteiger partial charge is 0.467 e. The van der Waals surface area contributed by atoms with Crippen molar-refractivity contribution in [1.82, 2.24) is 4.90 Å². The molecule has 4 nitrogen and oxygen atoms in total. The highest BCUT2D eigenvalue weighted by molar-refractivity contribution is 5.94. The van der Waals surface area contributed by atoms with Crippen LogP contribution in [0.5, 0.6) is 0 Å². The molecule has 0 radical (unpaired) electrons. The van der Waals surface area contributed by atoms with E-state index in [1.807, 2.05) is 4.90 Å². The number of carbonyl (C=O) groups excluding carboxylic acids is 1. The van der Waals surface area contributed by atoms with Crippen LogP contribution in [0.1, 0.15) is 53.1 Å². The number of likely N-dealkylation sites (tertiary alicyclic amines) is 1. The molecule has 23 heavy (non-hydrogen) atoms. The normalized spacial score (nSPS) is 21.4. The van der Waals surface area contributed by atoms with E-state index in [9.17, 15) is 4.79 Å². The van der Waals surface area contributed by atoms with E-state index in [4.69, 9.17) is 10.2 Å². The lowest BCUT2D eigenvalue weighted by molar-refractivity contribution is 0.0513. The van der Waals surface area contributed by atoms with Gasteiger partial charge in [-0.2, -0.15) is 0 Å². The van der Waals surface area contributed by atoms with Gasteiger partial charge in [-0.15, -0.1) is 0 Å². The molecule has 2 unspecified atom stereocenters. The number of furan rings is 1. The first-order valence-corrected chi connectivity index (χ1v) is 8.25. The first kappa shape index (κ1) is 15.8. The Labute approximate surface area is 137 Å². The van der Waals surface area contributed by atoms with Gasteiger partial charge in [0.25, 0.3) is 5.91 Å². The Hall–Kier alpha value is -2.07. The van der Waals surface area contributed by atoms with Gasteiger partial charge in [0.05, 0.1) is 18.2 Å². The van der Waals surface area contributed by atoms with Crippen LogP contribution >= 0.6 is 0 Å². The van der Waals surface area contributed by atoms with Crippen LogP contribution in [0.3, 0.4) is 0 Å². The quantitative estimate of drug-likeness (QED) is 0.941. The molecule has 0 bridgehead atoms. The number of hydrogen-bond acceptors (Lipinski definition) is 3. The molecule has 2 N–H and O–H groups in total. The van der Waals surface area contributed by atoms with Crippen molar-refractivity contribution in [2.75, 3.05) is 6.54 Å². The number of hydrogen-bond donors (Lipinski definition) is 1. The van der Waals surface area contributed by atoms with E-state index in [2.05, 4.69) is 38.1 Å². The minimum Gasteiger partial charge on any atom is -0.467 e. The van der Waals surface area contributed by atoms with Crippen LogP contribution in [-0.4, -0.2) is 17.4 Å². The molecule has 2 aromatic rings. The van der Waals surface area contributed by atoms with E-state index in [-0.39, 0.29) is 11.9 Å². The molecule has 1 aromatic heterocycles. The molecule has 2 atom stereocenters. The zero-order valence-electron chi connectivity index (χ0n) is 13.8. The van der Waals surface area contributed by atoms with Gasteiger partial charge in [-0.1, -0.05) is 36.8 Å². The predicted molar refractivity (Wildman–Crippen MR) is 90.0 cm³/mol. The summed E-state index contributed by atoms with van der Waals surface area (Å²) in [6.07, 6.45) is 3.70. The fourth-order valence-corrected chi connectivity index (χ4v) is 3.45. The Balaban J connectivity index is 1.91. The van der Waals surface area contributed by atoms with E-state index >= 15 is 0 Å². The first-order chi connectivity index (χ1) is 11.1. The van der Waals surface area contributed by atoms with Crippen LogP contribution < -0.4 is 5.73 Å². The molecule has 0 spiro atoms. The molecule has 2 heterocycles. The number of nitrogens with zero attached hydrogens (tertiary/aromatic N) is 1. The van der Waals surface area contributed by atoms with Gasteiger partial charge in [0.2, 0.25) is 0 Å². The number of rotatable bonds is 3.